The fourth-order valence-electron chi connectivity index (χ4n) is 3.00. The first kappa shape index (κ1) is 15.7. The topological polar surface area (TPSA) is 82.3 Å². The number of benzene rings is 1. The summed E-state index contributed by atoms with van der Waals surface area (Å²) in [5.74, 6) is -0.0904. The lowest BCUT2D eigenvalue weighted by atomic mass is 10.0. The van der Waals surface area contributed by atoms with Gasteiger partial charge in [-0.05, 0) is 30.7 Å². The van der Waals surface area contributed by atoms with E-state index in [9.17, 15) is 9.59 Å². The zero-order chi connectivity index (χ0) is 16.1. The van der Waals surface area contributed by atoms with Crippen LogP contribution in [0.25, 0.3) is 0 Å². The molecule has 2 amide bonds. The van der Waals surface area contributed by atoms with Crippen LogP contribution < -0.4 is 21.7 Å². The number of rotatable bonds is 4. The van der Waals surface area contributed by atoms with Gasteiger partial charge in [-0.2, -0.15) is 0 Å². The van der Waals surface area contributed by atoms with Gasteiger partial charge in [-0.15, -0.1) is 0 Å². The molecule has 1 aliphatic carbocycles. The minimum Gasteiger partial charge on any atom is -0.273 e. The first-order chi connectivity index (χ1) is 11.2. The van der Waals surface area contributed by atoms with Crippen LogP contribution in [0, 0.1) is 5.92 Å². The third-order valence-corrected chi connectivity index (χ3v) is 4.31. The quantitative estimate of drug-likeness (QED) is 0.495. The molecule has 1 aromatic carbocycles. The Morgan fingerprint density at radius 3 is 2.70 bits per heavy atom. The standard InChI is InChI=1S/C17H22N4O2/c22-16(10-12-6-4-5-7-12)20-21-17(23)15-11-14(18-19-15)13-8-2-1-3-9-13/h1-4,6,8-9,12,14-15,18-19H,5,7,10-11H2,(H,20,22)(H,21,23). The van der Waals surface area contributed by atoms with Crippen LogP contribution in [0.4, 0.5) is 0 Å². The van der Waals surface area contributed by atoms with E-state index < -0.39 is 0 Å². The first-order valence-corrected chi connectivity index (χ1v) is 8.04. The highest BCUT2D eigenvalue weighted by Crippen LogP contribution is 2.22. The molecule has 0 bridgehead atoms. The Morgan fingerprint density at radius 1 is 1.13 bits per heavy atom. The fourth-order valence-corrected chi connectivity index (χ4v) is 3.00. The van der Waals surface area contributed by atoms with Crippen molar-refractivity contribution in [3.63, 3.8) is 0 Å². The molecule has 6 nitrogen and oxygen atoms in total. The van der Waals surface area contributed by atoms with Crippen LogP contribution in [0.3, 0.4) is 0 Å². The van der Waals surface area contributed by atoms with Crippen LogP contribution in [-0.2, 0) is 9.59 Å². The molecule has 0 aromatic heterocycles. The Kier molecular flexibility index (Phi) is 5.05. The summed E-state index contributed by atoms with van der Waals surface area (Å²) in [4.78, 5) is 23.9. The van der Waals surface area contributed by atoms with Gasteiger partial charge >= 0.3 is 0 Å². The van der Waals surface area contributed by atoms with Gasteiger partial charge in [0.2, 0.25) is 5.91 Å². The highest BCUT2D eigenvalue weighted by molar-refractivity contribution is 5.85. The van der Waals surface area contributed by atoms with Crippen molar-refractivity contribution >= 4 is 11.8 Å². The van der Waals surface area contributed by atoms with E-state index in [0.717, 1.165) is 18.4 Å². The van der Waals surface area contributed by atoms with Crippen molar-refractivity contribution in [3.05, 3.63) is 48.0 Å². The van der Waals surface area contributed by atoms with E-state index in [1.165, 1.54) is 0 Å². The molecule has 0 spiro atoms. The molecule has 1 fully saturated rings. The monoisotopic (exact) mass is 314 g/mol. The summed E-state index contributed by atoms with van der Waals surface area (Å²) in [7, 11) is 0. The van der Waals surface area contributed by atoms with E-state index in [-0.39, 0.29) is 23.9 Å². The summed E-state index contributed by atoms with van der Waals surface area (Å²) in [6.45, 7) is 0. The van der Waals surface area contributed by atoms with E-state index in [4.69, 9.17) is 0 Å². The predicted octanol–water partition coefficient (Wildman–Crippen LogP) is 1.10. The molecule has 2 aliphatic rings. The van der Waals surface area contributed by atoms with Gasteiger partial charge in [0.25, 0.3) is 5.91 Å². The molecular formula is C17H22N4O2. The van der Waals surface area contributed by atoms with Crippen LogP contribution >= 0.6 is 0 Å². The molecule has 6 heteroatoms. The summed E-state index contributed by atoms with van der Waals surface area (Å²) >= 11 is 0. The van der Waals surface area contributed by atoms with E-state index in [1.54, 1.807) is 0 Å². The van der Waals surface area contributed by atoms with Crippen molar-refractivity contribution in [2.45, 2.75) is 37.8 Å². The van der Waals surface area contributed by atoms with Gasteiger partial charge in [-0.25, -0.2) is 10.9 Å². The summed E-state index contributed by atoms with van der Waals surface area (Å²) in [5, 5.41) is 0. The van der Waals surface area contributed by atoms with Crippen molar-refractivity contribution in [1.82, 2.24) is 21.7 Å². The normalized spacial score (nSPS) is 26.2. The van der Waals surface area contributed by atoms with Crippen molar-refractivity contribution in [1.29, 1.82) is 0 Å². The highest BCUT2D eigenvalue weighted by Gasteiger charge is 2.30. The van der Waals surface area contributed by atoms with E-state index in [2.05, 4.69) is 33.9 Å². The molecular weight excluding hydrogens is 292 g/mol. The lowest BCUT2D eigenvalue weighted by molar-refractivity contribution is -0.130. The van der Waals surface area contributed by atoms with Gasteiger partial charge in [0, 0.05) is 12.5 Å². The molecule has 4 N–H and O–H groups in total. The number of hydrazine groups is 2. The molecule has 1 aliphatic heterocycles. The van der Waals surface area contributed by atoms with Crippen molar-refractivity contribution < 1.29 is 9.59 Å². The highest BCUT2D eigenvalue weighted by atomic mass is 16.2. The second-order valence-electron chi connectivity index (χ2n) is 6.05. The minimum absolute atomic E-state index is 0.0891. The van der Waals surface area contributed by atoms with Gasteiger partial charge in [-0.3, -0.25) is 20.4 Å². The Bertz CT molecular complexity index is 588. The lowest BCUT2D eigenvalue weighted by Crippen LogP contribution is -2.50. The SMILES string of the molecule is O=C(CC1C=CCC1)NNC(=O)C1CC(c2ccccc2)NN1. The Hall–Kier alpha value is -2.18. The molecule has 23 heavy (non-hydrogen) atoms. The van der Waals surface area contributed by atoms with Crippen LogP contribution in [-0.4, -0.2) is 17.9 Å². The smallest absolute Gasteiger partial charge is 0.256 e. The summed E-state index contributed by atoms with van der Waals surface area (Å²) < 4.78 is 0. The van der Waals surface area contributed by atoms with Crippen molar-refractivity contribution in [3.8, 4) is 0 Å². The molecule has 122 valence electrons. The van der Waals surface area contributed by atoms with E-state index in [0.29, 0.717) is 18.8 Å². The number of hydrogen-bond acceptors (Lipinski definition) is 4. The molecule has 1 aromatic rings. The summed E-state index contributed by atoms with van der Waals surface area (Å²) in [5.41, 5.74) is 12.2. The van der Waals surface area contributed by atoms with Crippen LogP contribution in [0.15, 0.2) is 42.5 Å². The fraction of sp³-hybridized carbons (Fsp3) is 0.412. The molecule has 0 radical (unpaired) electrons. The molecule has 3 rings (SSSR count). The number of allylic oxidation sites excluding steroid dienone is 2. The van der Waals surface area contributed by atoms with E-state index in [1.807, 2.05) is 30.3 Å². The zero-order valence-corrected chi connectivity index (χ0v) is 12.9. The second-order valence-corrected chi connectivity index (χ2v) is 6.05. The zero-order valence-electron chi connectivity index (χ0n) is 12.9. The number of amides is 2. The van der Waals surface area contributed by atoms with Gasteiger partial charge in [0.1, 0.15) is 6.04 Å². The third-order valence-electron chi connectivity index (χ3n) is 4.31. The molecule has 0 saturated carbocycles. The summed E-state index contributed by atoms with van der Waals surface area (Å²) in [6, 6.07) is 9.68. The van der Waals surface area contributed by atoms with E-state index >= 15 is 0 Å². The third kappa shape index (κ3) is 4.18. The maximum Gasteiger partial charge on any atom is 0.256 e. The Morgan fingerprint density at radius 2 is 1.96 bits per heavy atom. The average Bonchev–Trinajstić information content (AvgIpc) is 3.25. The Balaban J connectivity index is 1.42. The number of nitrogens with one attached hydrogen (secondary N) is 4. The van der Waals surface area contributed by atoms with Gasteiger partial charge in [-0.1, -0.05) is 42.5 Å². The van der Waals surface area contributed by atoms with Gasteiger partial charge < -0.3 is 0 Å². The average molecular weight is 314 g/mol. The van der Waals surface area contributed by atoms with Crippen molar-refractivity contribution in [2.24, 2.45) is 5.92 Å². The van der Waals surface area contributed by atoms with Crippen LogP contribution in [0.2, 0.25) is 0 Å². The molecule has 1 heterocycles. The Labute approximate surface area is 135 Å². The molecule has 3 unspecified atom stereocenters. The maximum absolute atomic E-state index is 12.1. The first-order valence-electron chi connectivity index (χ1n) is 8.04. The number of carbonyl (C=O) groups is 2. The van der Waals surface area contributed by atoms with Crippen molar-refractivity contribution in [2.75, 3.05) is 0 Å². The van der Waals surface area contributed by atoms with Crippen LogP contribution in [0.5, 0.6) is 0 Å². The lowest BCUT2D eigenvalue weighted by Gasteiger charge is -2.13. The number of carbonyl (C=O) groups excluding carboxylic acids is 2. The maximum atomic E-state index is 12.1. The summed E-state index contributed by atoms with van der Waals surface area (Å²) in [6.07, 6.45) is 7.25. The predicted molar refractivity (Wildman–Crippen MR) is 86.6 cm³/mol. The number of hydrogen-bond donors (Lipinski definition) is 4. The van der Waals surface area contributed by atoms with Gasteiger partial charge in [0.05, 0.1) is 0 Å². The molecule has 1 saturated heterocycles. The largest absolute Gasteiger partial charge is 0.273 e. The second kappa shape index (κ2) is 7.39. The van der Waals surface area contributed by atoms with Gasteiger partial charge in [0.15, 0.2) is 0 Å². The molecule has 3 atom stereocenters. The van der Waals surface area contributed by atoms with Crippen LogP contribution in [0.1, 0.15) is 37.3 Å². The minimum atomic E-state index is -0.369.